The number of hydrogen-bond acceptors (Lipinski definition) is 5. The highest BCUT2D eigenvalue weighted by atomic mass is 16.5. The lowest BCUT2D eigenvalue weighted by Gasteiger charge is -2.39. The molecule has 0 radical (unpaired) electrons. The van der Waals surface area contributed by atoms with Crippen LogP contribution in [0.2, 0.25) is 0 Å². The van der Waals surface area contributed by atoms with E-state index in [1.165, 1.54) is 0 Å². The molecule has 2 aliphatic rings. The first kappa shape index (κ1) is 21.4. The SMILES string of the molecule is CCNC(=NCc1cccnc1OC)N1CCN(C(C)C(=O)N2CCCC2)CC1. The van der Waals surface area contributed by atoms with E-state index >= 15 is 0 Å². The van der Waals surface area contributed by atoms with Gasteiger partial charge in [-0.05, 0) is 32.8 Å². The van der Waals surface area contributed by atoms with Gasteiger partial charge in [0.15, 0.2) is 5.96 Å². The monoisotopic (exact) mass is 402 g/mol. The van der Waals surface area contributed by atoms with Crippen LogP contribution in [0.4, 0.5) is 0 Å². The van der Waals surface area contributed by atoms with Crippen molar-refractivity contribution in [1.29, 1.82) is 0 Å². The second kappa shape index (κ2) is 10.4. The van der Waals surface area contributed by atoms with Crippen LogP contribution in [-0.4, -0.2) is 90.5 Å². The number of ether oxygens (including phenoxy) is 1. The van der Waals surface area contributed by atoms with Gasteiger partial charge >= 0.3 is 0 Å². The van der Waals surface area contributed by atoms with Gasteiger partial charge < -0.3 is 19.9 Å². The Balaban J connectivity index is 1.58. The van der Waals surface area contributed by atoms with E-state index in [9.17, 15) is 4.79 Å². The molecule has 2 saturated heterocycles. The molecule has 29 heavy (non-hydrogen) atoms. The van der Waals surface area contributed by atoms with E-state index in [0.717, 1.165) is 70.2 Å². The number of carbonyl (C=O) groups is 1. The molecular formula is C21H34N6O2. The van der Waals surface area contributed by atoms with Gasteiger partial charge in [-0.25, -0.2) is 9.98 Å². The molecule has 1 atom stereocenters. The normalized spacial score (nSPS) is 19.3. The minimum atomic E-state index is -0.0468. The van der Waals surface area contributed by atoms with Gasteiger partial charge in [0, 0.05) is 57.6 Å². The lowest BCUT2D eigenvalue weighted by molar-refractivity contribution is -0.135. The quantitative estimate of drug-likeness (QED) is 0.569. The van der Waals surface area contributed by atoms with Crippen molar-refractivity contribution in [3.63, 3.8) is 0 Å². The first-order valence-corrected chi connectivity index (χ1v) is 10.7. The van der Waals surface area contributed by atoms with Crippen LogP contribution in [0.15, 0.2) is 23.3 Å². The van der Waals surface area contributed by atoms with Gasteiger partial charge in [0.2, 0.25) is 11.8 Å². The first-order valence-electron chi connectivity index (χ1n) is 10.7. The maximum atomic E-state index is 12.7. The fourth-order valence-electron chi connectivity index (χ4n) is 3.99. The minimum absolute atomic E-state index is 0.0468. The zero-order valence-electron chi connectivity index (χ0n) is 17.9. The van der Waals surface area contributed by atoms with Gasteiger partial charge in [0.25, 0.3) is 0 Å². The van der Waals surface area contributed by atoms with Crippen LogP contribution in [0.1, 0.15) is 32.3 Å². The number of aliphatic imine (C=N–C) groups is 1. The van der Waals surface area contributed by atoms with E-state index in [-0.39, 0.29) is 11.9 Å². The number of aromatic nitrogens is 1. The van der Waals surface area contributed by atoms with Crippen LogP contribution >= 0.6 is 0 Å². The molecule has 3 heterocycles. The summed E-state index contributed by atoms with van der Waals surface area (Å²) in [5, 5.41) is 3.39. The average molecular weight is 403 g/mol. The number of methoxy groups -OCH3 is 1. The third kappa shape index (κ3) is 5.38. The summed E-state index contributed by atoms with van der Waals surface area (Å²) in [6.45, 7) is 10.7. The summed E-state index contributed by atoms with van der Waals surface area (Å²) < 4.78 is 5.33. The number of amides is 1. The number of nitrogens with one attached hydrogen (secondary N) is 1. The number of likely N-dealkylation sites (tertiary alicyclic amines) is 1. The lowest BCUT2D eigenvalue weighted by Crippen LogP contribution is -2.57. The van der Waals surface area contributed by atoms with E-state index < -0.39 is 0 Å². The molecule has 8 nitrogen and oxygen atoms in total. The number of carbonyl (C=O) groups excluding carboxylic acids is 1. The van der Waals surface area contributed by atoms with Crippen LogP contribution in [0, 0.1) is 0 Å². The maximum absolute atomic E-state index is 12.7. The summed E-state index contributed by atoms with van der Waals surface area (Å²) in [7, 11) is 1.63. The van der Waals surface area contributed by atoms with E-state index in [1.54, 1.807) is 13.3 Å². The highest BCUT2D eigenvalue weighted by molar-refractivity contribution is 5.82. The number of hydrogen-bond donors (Lipinski definition) is 1. The predicted octanol–water partition coefficient (Wildman–Crippen LogP) is 1.18. The molecule has 160 valence electrons. The smallest absolute Gasteiger partial charge is 0.239 e. The third-order valence-electron chi connectivity index (χ3n) is 5.71. The van der Waals surface area contributed by atoms with Crippen molar-refractivity contribution >= 4 is 11.9 Å². The topological polar surface area (TPSA) is 73.3 Å². The second-order valence-corrected chi connectivity index (χ2v) is 7.57. The Morgan fingerprint density at radius 3 is 2.59 bits per heavy atom. The van der Waals surface area contributed by atoms with Gasteiger partial charge in [-0.3, -0.25) is 9.69 Å². The molecule has 1 amide bonds. The number of guanidine groups is 1. The van der Waals surface area contributed by atoms with Crippen molar-refractivity contribution in [3.05, 3.63) is 23.9 Å². The second-order valence-electron chi connectivity index (χ2n) is 7.57. The zero-order valence-corrected chi connectivity index (χ0v) is 17.9. The molecule has 0 aromatic carbocycles. The van der Waals surface area contributed by atoms with Gasteiger partial charge in [0.1, 0.15) is 0 Å². The molecule has 0 saturated carbocycles. The van der Waals surface area contributed by atoms with Crippen LogP contribution in [0.3, 0.4) is 0 Å². The maximum Gasteiger partial charge on any atom is 0.239 e. The Bertz CT molecular complexity index is 696. The van der Waals surface area contributed by atoms with Crippen molar-refractivity contribution in [3.8, 4) is 5.88 Å². The summed E-state index contributed by atoms with van der Waals surface area (Å²) in [6.07, 6.45) is 3.99. The van der Waals surface area contributed by atoms with E-state index in [1.807, 2.05) is 24.0 Å². The molecule has 0 spiro atoms. The zero-order chi connectivity index (χ0) is 20.6. The van der Waals surface area contributed by atoms with Crippen molar-refractivity contribution in [2.75, 3.05) is 52.9 Å². The fourth-order valence-corrected chi connectivity index (χ4v) is 3.99. The van der Waals surface area contributed by atoms with Crippen molar-refractivity contribution in [2.45, 2.75) is 39.3 Å². The number of piperazine rings is 1. The van der Waals surface area contributed by atoms with E-state index in [4.69, 9.17) is 9.73 Å². The molecule has 0 aliphatic carbocycles. The molecule has 8 heteroatoms. The van der Waals surface area contributed by atoms with Crippen LogP contribution in [0.25, 0.3) is 0 Å². The number of pyridine rings is 1. The Hall–Kier alpha value is -2.35. The fraction of sp³-hybridized carbons (Fsp3) is 0.667. The molecular weight excluding hydrogens is 368 g/mol. The Kier molecular flexibility index (Phi) is 7.69. The third-order valence-corrected chi connectivity index (χ3v) is 5.71. The van der Waals surface area contributed by atoms with Crippen molar-refractivity contribution in [2.24, 2.45) is 4.99 Å². The molecule has 1 N–H and O–H groups in total. The Labute approximate surface area is 173 Å². The van der Waals surface area contributed by atoms with Gasteiger partial charge in [0.05, 0.1) is 19.7 Å². The van der Waals surface area contributed by atoms with Gasteiger partial charge in [-0.2, -0.15) is 0 Å². The molecule has 2 aliphatic heterocycles. The van der Waals surface area contributed by atoms with Gasteiger partial charge in [-0.1, -0.05) is 6.07 Å². The molecule has 1 aromatic rings. The molecule has 1 unspecified atom stereocenters. The summed E-state index contributed by atoms with van der Waals surface area (Å²) in [5.74, 6) is 1.79. The van der Waals surface area contributed by atoms with Crippen LogP contribution in [0.5, 0.6) is 5.88 Å². The summed E-state index contributed by atoms with van der Waals surface area (Å²) in [6, 6.07) is 3.84. The predicted molar refractivity (Wildman–Crippen MR) is 114 cm³/mol. The molecule has 3 rings (SSSR count). The highest BCUT2D eigenvalue weighted by Crippen LogP contribution is 2.16. The van der Waals surface area contributed by atoms with Crippen molar-refractivity contribution < 1.29 is 9.53 Å². The Morgan fingerprint density at radius 1 is 1.21 bits per heavy atom. The minimum Gasteiger partial charge on any atom is -0.481 e. The largest absolute Gasteiger partial charge is 0.481 e. The summed E-state index contributed by atoms with van der Waals surface area (Å²) in [4.78, 5) is 28.3. The van der Waals surface area contributed by atoms with Crippen molar-refractivity contribution in [1.82, 2.24) is 25.0 Å². The molecule has 1 aromatic heterocycles. The molecule has 2 fully saturated rings. The van der Waals surface area contributed by atoms with Crippen LogP contribution in [-0.2, 0) is 11.3 Å². The van der Waals surface area contributed by atoms with E-state index in [2.05, 4.69) is 27.0 Å². The van der Waals surface area contributed by atoms with E-state index in [0.29, 0.717) is 12.4 Å². The summed E-state index contributed by atoms with van der Waals surface area (Å²) >= 11 is 0. The van der Waals surface area contributed by atoms with Crippen LogP contribution < -0.4 is 10.1 Å². The first-order chi connectivity index (χ1) is 14.1. The van der Waals surface area contributed by atoms with Gasteiger partial charge in [-0.15, -0.1) is 0 Å². The number of nitrogens with zero attached hydrogens (tertiary/aromatic N) is 5. The average Bonchev–Trinajstić information content (AvgIpc) is 3.31. The lowest BCUT2D eigenvalue weighted by atomic mass is 10.2. The standard InChI is InChI=1S/C21H34N6O2/c1-4-22-21(24-16-18-8-7-9-23-19(18)29-3)27-14-12-25(13-15-27)17(2)20(28)26-10-5-6-11-26/h7-9,17H,4-6,10-16H2,1-3H3,(H,22,24). The number of rotatable bonds is 6. The summed E-state index contributed by atoms with van der Waals surface area (Å²) in [5.41, 5.74) is 0.967. The Morgan fingerprint density at radius 2 is 1.93 bits per heavy atom. The highest BCUT2D eigenvalue weighted by Gasteiger charge is 2.30. The molecule has 0 bridgehead atoms.